The Bertz CT molecular complexity index is 669. The van der Waals surface area contributed by atoms with E-state index in [1.54, 1.807) is 6.92 Å². The second kappa shape index (κ2) is 14.1. The van der Waals surface area contributed by atoms with Gasteiger partial charge in [0, 0.05) is 6.42 Å². The molecule has 1 aromatic carbocycles. The van der Waals surface area contributed by atoms with E-state index in [0.717, 1.165) is 18.5 Å². The van der Waals surface area contributed by atoms with Crippen molar-refractivity contribution in [1.82, 2.24) is 0 Å². The fourth-order valence-electron chi connectivity index (χ4n) is 4.15. The van der Waals surface area contributed by atoms with E-state index in [4.69, 9.17) is 0 Å². The number of Topliss-reactive ketones (excluding diaryl/α,β-unsaturated/α-hetero) is 1. The zero-order chi connectivity index (χ0) is 21.6. The van der Waals surface area contributed by atoms with Gasteiger partial charge < -0.3 is 0 Å². The van der Waals surface area contributed by atoms with Crippen LogP contribution in [0.5, 0.6) is 0 Å². The molecule has 0 aromatic heterocycles. The largest absolute Gasteiger partial charge is 0.298 e. The van der Waals surface area contributed by atoms with Crippen LogP contribution in [-0.2, 0) is 9.59 Å². The summed E-state index contributed by atoms with van der Waals surface area (Å²) in [5, 5.41) is 5.71. The van der Waals surface area contributed by atoms with Crippen LogP contribution in [0.25, 0.3) is 0 Å². The Morgan fingerprint density at radius 3 is 1.87 bits per heavy atom. The molecule has 1 heterocycles. The topological polar surface area (TPSA) is 49.7 Å². The number of rotatable bonds is 16. The summed E-state index contributed by atoms with van der Waals surface area (Å²) in [5.74, 6) is -0.885. The molecular formula is C26H40N2O2. The van der Waals surface area contributed by atoms with E-state index < -0.39 is 5.92 Å². The monoisotopic (exact) mass is 412 g/mol. The Hall–Kier alpha value is -1.97. The summed E-state index contributed by atoms with van der Waals surface area (Å²) in [7, 11) is 0. The van der Waals surface area contributed by atoms with Gasteiger partial charge in [-0.2, -0.15) is 10.1 Å². The average Bonchev–Trinajstić information content (AvgIpc) is 3.06. The highest BCUT2D eigenvalue weighted by Gasteiger charge is 2.38. The lowest BCUT2D eigenvalue weighted by molar-refractivity contribution is -0.129. The Balaban J connectivity index is 1.53. The summed E-state index contributed by atoms with van der Waals surface area (Å²) >= 11 is 0. The summed E-state index contributed by atoms with van der Waals surface area (Å²) in [6, 6.07) is 9.33. The number of hydrogen-bond donors (Lipinski definition) is 0. The number of ketones is 1. The molecule has 0 fully saturated rings. The second-order valence-electron chi connectivity index (χ2n) is 8.62. The maximum atomic E-state index is 12.7. The van der Waals surface area contributed by atoms with Gasteiger partial charge >= 0.3 is 0 Å². The molecule has 4 heteroatoms. The highest BCUT2D eigenvalue weighted by atomic mass is 16.2. The number of anilines is 1. The maximum absolute atomic E-state index is 12.7. The molecule has 166 valence electrons. The number of amides is 1. The molecule has 4 nitrogen and oxygen atoms in total. The lowest BCUT2D eigenvalue weighted by atomic mass is 9.94. The van der Waals surface area contributed by atoms with Gasteiger partial charge in [0.25, 0.3) is 5.91 Å². The Kier molecular flexibility index (Phi) is 11.4. The molecule has 1 aliphatic heterocycles. The molecule has 1 atom stereocenters. The van der Waals surface area contributed by atoms with Crippen LogP contribution in [0.3, 0.4) is 0 Å². The van der Waals surface area contributed by atoms with E-state index in [1.807, 2.05) is 30.3 Å². The summed E-state index contributed by atoms with van der Waals surface area (Å²) in [4.78, 5) is 25.3. The van der Waals surface area contributed by atoms with Crippen molar-refractivity contribution in [2.45, 2.75) is 104 Å². The van der Waals surface area contributed by atoms with Gasteiger partial charge in [0.15, 0.2) is 5.78 Å². The molecule has 1 unspecified atom stereocenters. The van der Waals surface area contributed by atoms with Crippen LogP contribution in [0, 0.1) is 5.92 Å². The third kappa shape index (κ3) is 8.04. The minimum Gasteiger partial charge on any atom is -0.298 e. The van der Waals surface area contributed by atoms with Gasteiger partial charge in [-0.25, -0.2) is 0 Å². The fourth-order valence-corrected chi connectivity index (χ4v) is 4.15. The van der Waals surface area contributed by atoms with Crippen LogP contribution in [0.1, 0.15) is 104 Å². The van der Waals surface area contributed by atoms with Crippen molar-refractivity contribution in [2.24, 2.45) is 11.0 Å². The first-order chi connectivity index (χ1) is 14.6. The number of para-hydroxylation sites is 1. The number of carbonyl (C=O) groups excluding carboxylic acids is 2. The molecule has 1 aromatic rings. The lowest BCUT2D eigenvalue weighted by Crippen LogP contribution is -2.32. The Morgan fingerprint density at radius 2 is 1.33 bits per heavy atom. The minimum absolute atomic E-state index is 0.0164. The van der Waals surface area contributed by atoms with Gasteiger partial charge in [0.05, 0.1) is 11.4 Å². The number of benzene rings is 1. The van der Waals surface area contributed by atoms with Crippen LogP contribution >= 0.6 is 0 Å². The van der Waals surface area contributed by atoms with Crippen molar-refractivity contribution >= 4 is 23.1 Å². The van der Waals surface area contributed by atoms with Crippen LogP contribution in [-0.4, -0.2) is 17.4 Å². The number of hydrazone groups is 1. The van der Waals surface area contributed by atoms with E-state index in [1.165, 1.54) is 75.6 Å². The van der Waals surface area contributed by atoms with E-state index in [0.29, 0.717) is 12.1 Å². The molecule has 30 heavy (non-hydrogen) atoms. The van der Waals surface area contributed by atoms with Crippen LogP contribution in [0.4, 0.5) is 5.69 Å². The van der Waals surface area contributed by atoms with Gasteiger partial charge in [0.1, 0.15) is 5.92 Å². The van der Waals surface area contributed by atoms with Crippen LogP contribution in [0.2, 0.25) is 0 Å². The smallest absolute Gasteiger partial charge is 0.263 e. The van der Waals surface area contributed by atoms with Crippen molar-refractivity contribution in [3.05, 3.63) is 30.3 Å². The predicted octanol–water partition coefficient (Wildman–Crippen LogP) is 7.08. The molecule has 1 amide bonds. The number of hydrogen-bond acceptors (Lipinski definition) is 3. The molecule has 1 aliphatic rings. The summed E-state index contributed by atoms with van der Waals surface area (Å²) < 4.78 is 0. The van der Waals surface area contributed by atoms with Gasteiger partial charge in [0.2, 0.25) is 0 Å². The first-order valence-corrected chi connectivity index (χ1v) is 12.1. The quantitative estimate of drug-likeness (QED) is 0.215. The molecule has 0 bridgehead atoms. The first kappa shape index (κ1) is 24.3. The van der Waals surface area contributed by atoms with Gasteiger partial charge in [-0.3, -0.25) is 9.59 Å². The van der Waals surface area contributed by atoms with E-state index in [2.05, 4.69) is 12.0 Å². The molecule has 0 spiro atoms. The normalized spacial score (nSPS) is 16.2. The summed E-state index contributed by atoms with van der Waals surface area (Å²) in [6.45, 7) is 4.05. The van der Waals surface area contributed by atoms with E-state index >= 15 is 0 Å². The number of carbonyl (C=O) groups is 2. The Labute approximate surface area is 183 Å². The van der Waals surface area contributed by atoms with Crippen molar-refractivity contribution in [2.75, 3.05) is 5.01 Å². The van der Waals surface area contributed by atoms with Gasteiger partial charge in [-0.05, 0) is 25.5 Å². The standard InChI is InChI=1S/C26H40N2O2/c1-3-4-5-6-7-8-9-10-11-12-13-14-18-21-24(29)25-22(2)27-28(26(25)30)23-19-16-15-17-20-23/h15-17,19-20,25H,3-14,18,21H2,1-2H3. The highest BCUT2D eigenvalue weighted by Crippen LogP contribution is 2.25. The van der Waals surface area contributed by atoms with Crippen LogP contribution < -0.4 is 5.01 Å². The average molecular weight is 413 g/mol. The van der Waals surface area contributed by atoms with Gasteiger partial charge in [-0.15, -0.1) is 0 Å². The number of nitrogens with zero attached hydrogens (tertiary/aromatic N) is 2. The molecular weight excluding hydrogens is 372 g/mol. The molecule has 0 radical (unpaired) electrons. The SMILES string of the molecule is CCCCCCCCCCCCCCCC(=O)C1C(=O)N(c2ccccc2)N=C1C. The summed E-state index contributed by atoms with van der Waals surface area (Å²) in [5.41, 5.74) is 1.33. The summed E-state index contributed by atoms with van der Waals surface area (Å²) in [6.07, 6.45) is 17.2. The third-order valence-corrected chi connectivity index (χ3v) is 5.98. The van der Waals surface area contributed by atoms with Gasteiger partial charge in [-0.1, -0.05) is 102 Å². The number of unbranched alkanes of at least 4 members (excludes halogenated alkanes) is 12. The van der Waals surface area contributed by atoms with Crippen molar-refractivity contribution in [1.29, 1.82) is 0 Å². The molecule has 0 saturated heterocycles. The zero-order valence-corrected chi connectivity index (χ0v) is 19.1. The second-order valence-corrected chi connectivity index (χ2v) is 8.62. The Morgan fingerprint density at radius 1 is 0.833 bits per heavy atom. The van der Waals surface area contributed by atoms with Crippen molar-refractivity contribution < 1.29 is 9.59 Å². The first-order valence-electron chi connectivity index (χ1n) is 12.1. The maximum Gasteiger partial charge on any atom is 0.263 e. The molecule has 0 N–H and O–H groups in total. The molecule has 0 aliphatic carbocycles. The van der Waals surface area contributed by atoms with E-state index in [9.17, 15) is 9.59 Å². The molecule has 2 rings (SSSR count). The zero-order valence-electron chi connectivity index (χ0n) is 19.1. The predicted molar refractivity (Wildman–Crippen MR) is 126 cm³/mol. The van der Waals surface area contributed by atoms with Crippen molar-refractivity contribution in [3.8, 4) is 0 Å². The van der Waals surface area contributed by atoms with Crippen molar-refractivity contribution in [3.63, 3.8) is 0 Å². The fraction of sp³-hybridized carbons (Fsp3) is 0.654. The molecule has 0 saturated carbocycles. The van der Waals surface area contributed by atoms with Crippen LogP contribution in [0.15, 0.2) is 35.4 Å². The minimum atomic E-state index is -0.692. The van der Waals surface area contributed by atoms with E-state index in [-0.39, 0.29) is 11.7 Å². The lowest BCUT2D eigenvalue weighted by Gasteiger charge is -2.13. The highest BCUT2D eigenvalue weighted by molar-refractivity contribution is 6.26. The third-order valence-electron chi connectivity index (χ3n) is 5.98.